The second kappa shape index (κ2) is 23.3. The van der Waals surface area contributed by atoms with Crippen molar-refractivity contribution in [2.45, 2.75) is 138 Å². The molecule has 310 valence electrons. The molecule has 13 N–H and O–H groups in total. The van der Waals surface area contributed by atoms with Crippen LogP contribution in [0.2, 0.25) is 0 Å². The maximum Gasteiger partial charge on any atom is 0.326 e. The number of aliphatic carboxylic acids is 1. The molecule has 0 aliphatic heterocycles. The van der Waals surface area contributed by atoms with Gasteiger partial charge in [0.25, 0.3) is 0 Å². The summed E-state index contributed by atoms with van der Waals surface area (Å²) in [7, 11) is 0. The summed E-state index contributed by atoms with van der Waals surface area (Å²) in [6.45, 7) is 20.7. The molecule has 0 aliphatic rings. The number of rotatable bonds is 23. The summed E-state index contributed by atoms with van der Waals surface area (Å²) < 4.78 is 0. The van der Waals surface area contributed by atoms with E-state index in [1.807, 2.05) is 0 Å². The number of nitrogens with one attached hydrogen (secondary N) is 6. The van der Waals surface area contributed by atoms with Crippen LogP contribution in [0, 0.1) is 35.5 Å². The lowest BCUT2D eigenvalue weighted by Crippen LogP contribution is -2.62. The second-order valence-corrected chi connectivity index (χ2v) is 15.8. The van der Waals surface area contributed by atoms with Gasteiger partial charge in [-0.3, -0.25) is 33.8 Å². The second-order valence-electron chi connectivity index (χ2n) is 15.8. The Balaban J connectivity index is 5.93. The van der Waals surface area contributed by atoms with E-state index >= 15 is 0 Å². The van der Waals surface area contributed by atoms with Crippen LogP contribution in [0.1, 0.15) is 95.9 Å². The van der Waals surface area contributed by atoms with E-state index in [1.54, 1.807) is 83.1 Å². The van der Waals surface area contributed by atoms with Gasteiger partial charge in [-0.2, -0.15) is 0 Å². The van der Waals surface area contributed by atoms with Gasteiger partial charge in [-0.15, -0.1) is 0 Å². The molecular formula is C36H68N10O8. The molecule has 0 aliphatic carbocycles. The third-order valence-electron chi connectivity index (χ3n) is 8.77. The molecule has 0 rings (SSSR count). The van der Waals surface area contributed by atoms with Gasteiger partial charge in [-0.05, 0) is 48.3 Å². The van der Waals surface area contributed by atoms with Crippen molar-refractivity contribution in [1.82, 2.24) is 31.9 Å². The first kappa shape index (κ1) is 49.5. The Morgan fingerprint density at radius 2 is 0.704 bits per heavy atom. The van der Waals surface area contributed by atoms with Crippen LogP contribution < -0.4 is 49.1 Å². The first-order chi connectivity index (χ1) is 24.8. The van der Waals surface area contributed by atoms with Gasteiger partial charge in [-0.25, -0.2) is 4.79 Å². The number of hydrogen-bond acceptors (Lipinski definition) is 9. The molecule has 0 bridgehead atoms. The van der Waals surface area contributed by atoms with Crippen molar-refractivity contribution in [2.75, 3.05) is 6.54 Å². The summed E-state index contributed by atoms with van der Waals surface area (Å²) in [6, 6.07) is -7.58. The van der Waals surface area contributed by atoms with E-state index in [0.717, 1.165) is 0 Å². The van der Waals surface area contributed by atoms with Crippen molar-refractivity contribution < 1.29 is 38.7 Å². The molecule has 0 heterocycles. The number of carboxylic acids is 1. The molecule has 0 saturated carbocycles. The first-order valence-electron chi connectivity index (χ1n) is 18.7. The Kier molecular flexibility index (Phi) is 21.4. The molecule has 54 heavy (non-hydrogen) atoms. The van der Waals surface area contributed by atoms with E-state index in [2.05, 4.69) is 36.9 Å². The van der Waals surface area contributed by atoms with E-state index in [4.69, 9.17) is 17.2 Å². The first-order valence-corrected chi connectivity index (χ1v) is 18.7. The van der Waals surface area contributed by atoms with Crippen LogP contribution in [0.5, 0.6) is 0 Å². The number of guanidine groups is 1. The minimum atomic E-state index is -1.21. The molecule has 0 aromatic heterocycles. The molecule has 0 spiro atoms. The summed E-state index contributed by atoms with van der Waals surface area (Å²) in [5, 5.41) is 25.5. The van der Waals surface area contributed by atoms with E-state index in [-0.39, 0.29) is 24.8 Å². The number of carbonyl (C=O) groups excluding carboxylic acids is 6. The fourth-order valence-electron chi connectivity index (χ4n) is 5.31. The van der Waals surface area contributed by atoms with Gasteiger partial charge in [0.1, 0.15) is 36.3 Å². The zero-order valence-electron chi connectivity index (χ0n) is 34.1. The van der Waals surface area contributed by atoms with Crippen LogP contribution in [-0.4, -0.2) is 101 Å². The van der Waals surface area contributed by atoms with Gasteiger partial charge in [0.05, 0.1) is 6.04 Å². The van der Waals surface area contributed by atoms with Gasteiger partial charge in [-0.1, -0.05) is 83.1 Å². The molecular weight excluding hydrogens is 700 g/mol. The van der Waals surface area contributed by atoms with Gasteiger partial charge in [0.2, 0.25) is 35.4 Å². The third-order valence-corrected chi connectivity index (χ3v) is 8.77. The number of carboxylic acid groups (broad SMARTS) is 1. The predicted octanol–water partition coefficient (Wildman–Crippen LogP) is -0.703. The summed E-state index contributed by atoms with van der Waals surface area (Å²) in [5.74, 6) is -7.67. The highest BCUT2D eigenvalue weighted by atomic mass is 16.4. The molecule has 6 amide bonds. The summed E-state index contributed by atoms with van der Waals surface area (Å²) in [5.41, 5.74) is 16.7. The fourth-order valence-corrected chi connectivity index (χ4v) is 5.31. The Bertz CT molecular complexity index is 1310. The number of nitrogens with two attached hydrogens (primary N) is 3. The van der Waals surface area contributed by atoms with Crippen LogP contribution in [0.15, 0.2) is 4.99 Å². The average Bonchev–Trinajstić information content (AvgIpc) is 3.04. The molecule has 7 atom stereocenters. The number of nitrogens with zero attached hydrogens (tertiary/aromatic N) is 1. The van der Waals surface area contributed by atoms with Gasteiger partial charge in [0.15, 0.2) is 5.96 Å². The van der Waals surface area contributed by atoms with E-state index in [9.17, 15) is 38.7 Å². The quantitative estimate of drug-likeness (QED) is 0.0352. The van der Waals surface area contributed by atoms with Crippen LogP contribution in [0.4, 0.5) is 0 Å². The molecule has 0 aromatic rings. The van der Waals surface area contributed by atoms with Crippen molar-refractivity contribution >= 4 is 47.4 Å². The molecule has 18 heteroatoms. The number of carbonyl (C=O) groups is 7. The average molecular weight is 769 g/mol. The zero-order chi connectivity index (χ0) is 42.2. The fraction of sp³-hybridized carbons (Fsp3) is 0.778. The molecule has 0 fully saturated rings. The Morgan fingerprint density at radius 1 is 0.463 bits per heavy atom. The van der Waals surface area contributed by atoms with Crippen LogP contribution >= 0.6 is 0 Å². The van der Waals surface area contributed by atoms with Crippen LogP contribution in [-0.2, 0) is 33.6 Å². The number of aliphatic imine (C=N–C) groups is 1. The van der Waals surface area contributed by atoms with Crippen LogP contribution in [0.25, 0.3) is 0 Å². The minimum Gasteiger partial charge on any atom is -0.480 e. The molecule has 0 aromatic carbocycles. The zero-order valence-corrected chi connectivity index (χ0v) is 34.1. The highest BCUT2D eigenvalue weighted by Crippen LogP contribution is 2.13. The maximum absolute atomic E-state index is 13.7. The number of amides is 6. The standard InChI is InChI=1S/C36H68N10O8/c1-16(2)23(41-29(47)22(37)14-13-15-40-36(38)39)30(48)42-24(17(3)4)31(49)43-25(18(5)6)32(50)44-26(19(7)8)33(51)45-27(20(9)10)34(52)46-28(21(11)12)35(53)54/h16-28H,13-15,37H2,1-12H3,(H,41,47)(H,42,48)(H,43,49)(H,44,50)(H,45,51)(H,46,52)(H,53,54)(H4,38,39,40)/t22-,23-,24-,25-,26-,27-,28-/m0/s1. The Labute approximate surface area is 320 Å². The molecule has 18 nitrogen and oxygen atoms in total. The normalized spacial score (nSPS) is 15.5. The summed E-state index contributed by atoms with van der Waals surface area (Å²) >= 11 is 0. The molecule has 0 radical (unpaired) electrons. The van der Waals surface area contributed by atoms with Gasteiger partial charge < -0.3 is 54.2 Å². The Morgan fingerprint density at radius 3 is 0.926 bits per heavy atom. The highest BCUT2D eigenvalue weighted by molar-refractivity contribution is 5.97. The third kappa shape index (κ3) is 16.7. The SMILES string of the molecule is CC(C)[C@H](NC(=O)[C@@H](NC(=O)[C@@H](NC(=O)[C@@H](NC(=O)[C@@H](NC(=O)[C@@H](NC(=O)[C@@H](N)CCCN=C(N)N)C(C)C)C(C)C)C(C)C)C(C)C)C(C)C)C(=O)O. The predicted molar refractivity (Wildman–Crippen MR) is 206 cm³/mol. The van der Waals surface area contributed by atoms with E-state index < -0.39 is 113 Å². The van der Waals surface area contributed by atoms with Gasteiger partial charge >= 0.3 is 5.97 Å². The highest BCUT2D eigenvalue weighted by Gasteiger charge is 2.37. The number of hydrogen-bond donors (Lipinski definition) is 10. The topological polar surface area (TPSA) is 302 Å². The lowest BCUT2D eigenvalue weighted by atomic mass is 9.96. The van der Waals surface area contributed by atoms with Gasteiger partial charge in [0, 0.05) is 6.54 Å². The van der Waals surface area contributed by atoms with Crippen molar-refractivity contribution in [3.8, 4) is 0 Å². The maximum atomic E-state index is 13.7. The largest absolute Gasteiger partial charge is 0.480 e. The van der Waals surface area contributed by atoms with Crippen molar-refractivity contribution in [3.05, 3.63) is 0 Å². The van der Waals surface area contributed by atoms with E-state index in [0.29, 0.717) is 6.42 Å². The Hall–Kier alpha value is -4.48. The molecule has 0 saturated heterocycles. The van der Waals surface area contributed by atoms with Crippen molar-refractivity contribution in [3.63, 3.8) is 0 Å². The van der Waals surface area contributed by atoms with Crippen molar-refractivity contribution in [1.29, 1.82) is 0 Å². The summed E-state index contributed by atoms with van der Waals surface area (Å²) in [4.78, 5) is 95.9. The molecule has 0 unspecified atom stereocenters. The minimum absolute atomic E-state index is 0.0737. The summed E-state index contributed by atoms with van der Waals surface area (Å²) in [6.07, 6.45) is 0.708. The monoisotopic (exact) mass is 769 g/mol. The lowest BCUT2D eigenvalue weighted by molar-refractivity contribution is -0.144. The van der Waals surface area contributed by atoms with Crippen LogP contribution in [0.3, 0.4) is 0 Å². The smallest absolute Gasteiger partial charge is 0.326 e. The van der Waals surface area contributed by atoms with Crippen molar-refractivity contribution in [2.24, 2.45) is 57.7 Å². The lowest BCUT2D eigenvalue weighted by Gasteiger charge is -2.31. The van der Waals surface area contributed by atoms with E-state index in [1.165, 1.54) is 0 Å².